The molecule has 32 heavy (non-hydrogen) atoms. The van der Waals surface area contributed by atoms with Gasteiger partial charge in [0.1, 0.15) is 6.04 Å². The first kappa shape index (κ1) is 23.6. The summed E-state index contributed by atoms with van der Waals surface area (Å²) in [6.07, 6.45) is -0.573. The van der Waals surface area contributed by atoms with Crippen LogP contribution in [-0.4, -0.2) is 39.4 Å². The molecule has 0 bridgehead atoms. The Bertz CT molecular complexity index is 1210. The third kappa shape index (κ3) is 4.15. The fourth-order valence-electron chi connectivity index (χ4n) is 3.63. The molecule has 0 saturated carbocycles. The lowest BCUT2D eigenvalue weighted by atomic mass is 9.92. The van der Waals surface area contributed by atoms with E-state index in [1.807, 2.05) is 0 Å². The fourth-order valence-corrected chi connectivity index (χ4v) is 5.81. The van der Waals surface area contributed by atoms with Crippen LogP contribution in [0.4, 0.5) is 11.4 Å². The van der Waals surface area contributed by atoms with Crippen LogP contribution in [0.1, 0.15) is 17.5 Å². The van der Waals surface area contributed by atoms with E-state index in [-0.39, 0.29) is 16.3 Å². The number of sulfonamides is 1. The predicted molar refractivity (Wildman–Crippen MR) is 119 cm³/mol. The first-order valence-electron chi connectivity index (χ1n) is 9.56. The number of hydrogen-bond acceptors (Lipinski definition) is 6. The van der Waals surface area contributed by atoms with Gasteiger partial charge in [0.15, 0.2) is 0 Å². The molecule has 0 fully saturated rings. The Balaban J connectivity index is 2.28. The molecule has 2 aromatic carbocycles. The number of aryl methyl sites for hydroxylation is 2. The van der Waals surface area contributed by atoms with Crippen molar-refractivity contribution in [2.24, 2.45) is 11.7 Å². The molecule has 170 valence electrons. The molecule has 1 aliphatic heterocycles. The van der Waals surface area contributed by atoms with Crippen molar-refractivity contribution in [1.82, 2.24) is 0 Å². The summed E-state index contributed by atoms with van der Waals surface area (Å²) < 4.78 is 33.3. The molecule has 0 spiro atoms. The van der Waals surface area contributed by atoms with E-state index in [1.54, 1.807) is 26.0 Å². The molecule has 3 rings (SSSR count). The van der Waals surface area contributed by atoms with Gasteiger partial charge in [0, 0.05) is 5.02 Å². The van der Waals surface area contributed by atoms with E-state index in [9.17, 15) is 22.8 Å². The lowest BCUT2D eigenvalue weighted by Gasteiger charge is -2.39. The lowest BCUT2D eigenvalue weighted by Crippen LogP contribution is -2.57. The zero-order chi connectivity index (χ0) is 23.8. The molecule has 11 heteroatoms. The SMILES string of the molecule is COC(=O)CC(C(N)=O)C1C(=O)Nc2ccccc2N1S(=O)(=O)c1cc(C)c(Cl)cc1C. The highest BCUT2D eigenvalue weighted by molar-refractivity contribution is 7.93. The van der Waals surface area contributed by atoms with Gasteiger partial charge in [-0.05, 0) is 49.2 Å². The van der Waals surface area contributed by atoms with E-state index in [2.05, 4.69) is 10.1 Å². The van der Waals surface area contributed by atoms with E-state index in [4.69, 9.17) is 17.3 Å². The molecule has 9 nitrogen and oxygen atoms in total. The van der Waals surface area contributed by atoms with Gasteiger partial charge in [-0.2, -0.15) is 0 Å². The number of para-hydroxylation sites is 2. The lowest BCUT2D eigenvalue weighted by molar-refractivity contribution is -0.144. The summed E-state index contributed by atoms with van der Waals surface area (Å²) in [6, 6.07) is 7.55. The van der Waals surface area contributed by atoms with Crippen LogP contribution in [-0.2, 0) is 29.1 Å². The third-order valence-corrected chi connectivity index (χ3v) is 7.62. The van der Waals surface area contributed by atoms with Crippen molar-refractivity contribution in [3.63, 3.8) is 0 Å². The molecule has 0 saturated heterocycles. The second kappa shape index (κ2) is 8.79. The molecule has 0 radical (unpaired) electrons. The first-order chi connectivity index (χ1) is 15.0. The van der Waals surface area contributed by atoms with Crippen LogP contribution in [0.5, 0.6) is 0 Å². The number of amides is 2. The standard InChI is InChI=1S/C21H22ClN3O6S/c1-11-9-17(12(2)8-14(11)22)32(29,30)25-16-7-5-4-6-15(16)24-21(28)19(25)13(20(23)27)10-18(26)31-3/h4-9,13,19H,10H2,1-3H3,(H2,23,27)(H,24,28). The summed E-state index contributed by atoms with van der Waals surface area (Å²) in [5.41, 5.74) is 6.75. The van der Waals surface area contributed by atoms with Crippen LogP contribution < -0.4 is 15.4 Å². The minimum atomic E-state index is -4.39. The Morgan fingerprint density at radius 2 is 1.88 bits per heavy atom. The topological polar surface area (TPSA) is 136 Å². The Labute approximate surface area is 190 Å². The maximum atomic E-state index is 13.9. The number of halogens is 1. The Hall–Kier alpha value is -3.11. The minimum Gasteiger partial charge on any atom is -0.469 e. The largest absolute Gasteiger partial charge is 0.469 e. The molecule has 1 aliphatic rings. The van der Waals surface area contributed by atoms with E-state index < -0.39 is 46.2 Å². The Morgan fingerprint density at radius 1 is 1.22 bits per heavy atom. The van der Waals surface area contributed by atoms with Crippen LogP contribution in [0.3, 0.4) is 0 Å². The zero-order valence-corrected chi connectivity index (χ0v) is 19.2. The number of esters is 1. The summed E-state index contributed by atoms with van der Waals surface area (Å²) in [5, 5.41) is 2.98. The van der Waals surface area contributed by atoms with Crippen LogP contribution in [0, 0.1) is 19.8 Å². The average Bonchev–Trinajstić information content (AvgIpc) is 2.73. The fraction of sp³-hybridized carbons (Fsp3) is 0.286. The number of nitrogens with zero attached hydrogens (tertiary/aromatic N) is 1. The van der Waals surface area contributed by atoms with Gasteiger partial charge in [0.2, 0.25) is 11.8 Å². The number of nitrogens with two attached hydrogens (primary N) is 1. The van der Waals surface area contributed by atoms with Crippen molar-refractivity contribution in [3.8, 4) is 0 Å². The first-order valence-corrected chi connectivity index (χ1v) is 11.4. The third-order valence-electron chi connectivity index (χ3n) is 5.27. The molecule has 2 aromatic rings. The highest BCUT2D eigenvalue weighted by Gasteiger charge is 2.48. The Kier molecular flexibility index (Phi) is 6.47. The van der Waals surface area contributed by atoms with Gasteiger partial charge < -0.3 is 15.8 Å². The maximum absolute atomic E-state index is 13.9. The zero-order valence-electron chi connectivity index (χ0n) is 17.6. The van der Waals surface area contributed by atoms with E-state index >= 15 is 0 Å². The van der Waals surface area contributed by atoms with Gasteiger partial charge >= 0.3 is 5.97 Å². The summed E-state index contributed by atoms with van der Waals surface area (Å²) in [6.45, 7) is 3.22. The minimum absolute atomic E-state index is 0.0878. The van der Waals surface area contributed by atoms with Crippen molar-refractivity contribution < 1.29 is 27.5 Å². The van der Waals surface area contributed by atoms with E-state index in [0.717, 1.165) is 11.4 Å². The number of hydrogen-bond donors (Lipinski definition) is 2. The number of ether oxygens (including phenoxy) is 1. The second-order valence-electron chi connectivity index (χ2n) is 7.41. The van der Waals surface area contributed by atoms with Crippen LogP contribution in [0.15, 0.2) is 41.3 Å². The summed E-state index contributed by atoms with van der Waals surface area (Å²) in [4.78, 5) is 37.2. The van der Waals surface area contributed by atoms with Crippen LogP contribution in [0.2, 0.25) is 5.02 Å². The van der Waals surface area contributed by atoms with Gasteiger partial charge in [0.05, 0.1) is 35.7 Å². The molecule has 2 unspecified atom stereocenters. The van der Waals surface area contributed by atoms with Gasteiger partial charge in [-0.1, -0.05) is 23.7 Å². The summed E-state index contributed by atoms with van der Waals surface area (Å²) >= 11 is 6.13. The second-order valence-corrected chi connectivity index (χ2v) is 9.60. The summed E-state index contributed by atoms with van der Waals surface area (Å²) in [5.74, 6) is -4.09. The van der Waals surface area contributed by atoms with Crippen molar-refractivity contribution in [2.45, 2.75) is 31.2 Å². The number of carbonyl (C=O) groups excluding carboxylic acids is 3. The normalized spacial score (nSPS) is 16.7. The number of benzene rings is 2. The molecule has 2 atom stereocenters. The number of anilines is 2. The number of methoxy groups -OCH3 is 1. The monoisotopic (exact) mass is 479 g/mol. The number of carbonyl (C=O) groups is 3. The molecule has 1 heterocycles. The highest BCUT2D eigenvalue weighted by Crippen LogP contribution is 2.40. The maximum Gasteiger partial charge on any atom is 0.306 e. The average molecular weight is 480 g/mol. The van der Waals surface area contributed by atoms with E-state index in [1.165, 1.54) is 24.3 Å². The van der Waals surface area contributed by atoms with Crippen LogP contribution in [0.25, 0.3) is 0 Å². The smallest absolute Gasteiger partial charge is 0.306 e. The van der Waals surface area contributed by atoms with Crippen molar-refractivity contribution in [1.29, 1.82) is 0 Å². The van der Waals surface area contributed by atoms with Gasteiger partial charge in [-0.3, -0.25) is 18.7 Å². The molecule has 0 aliphatic carbocycles. The molecular formula is C21H22ClN3O6S. The number of rotatable bonds is 6. The highest BCUT2D eigenvalue weighted by atomic mass is 35.5. The van der Waals surface area contributed by atoms with Gasteiger partial charge in [-0.15, -0.1) is 0 Å². The molecule has 0 aromatic heterocycles. The van der Waals surface area contributed by atoms with Crippen molar-refractivity contribution in [2.75, 3.05) is 16.7 Å². The number of fused-ring (bicyclic) bond motifs is 1. The van der Waals surface area contributed by atoms with Gasteiger partial charge in [-0.25, -0.2) is 8.42 Å². The predicted octanol–water partition coefficient (Wildman–Crippen LogP) is 2.14. The molecule has 2 amide bonds. The number of nitrogens with one attached hydrogen (secondary N) is 1. The van der Waals surface area contributed by atoms with Crippen LogP contribution >= 0.6 is 11.6 Å². The quantitative estimate of drug-likeness (QED) is 0.609. The molecule has 3 N–H and O–H groups in total. The summed E-state index contributed by atoms with van der Waals surface area (Å²) in [7, 11) is -3.28. The Morgan fingerprint density at radius 3 is 2.50 bits per heavy atom. The van der Waals surface area contributed by atoms with Crippen molar-refractivity contribution in [3.05, 3.63) is 52.5 Å². The van der Waals surface area contributed by atoms with E-state index in [0.29, 0.717) is 16.1 Å². The van der Waals surface area contributed by atoms with Gasteiger partial charge in [0.25, 0.3) is 10.0 Å². The number of primary amides is 1. The van der Waals surface area contributed by atoms with Crippen molar-refractivity contribution >= 4 is 50.8 Å². The molecular weight excluding hydrogens is 458 g/mol.